The zero-order chi connectivity index (χ0) is 30.3. The fourth-order valence-electron chi connectivity index (χ4n) is 5.29. The molecule has 1 saturated heterocycles. The predicted octanol–water partition coefficient (Wildman–Crippen LogP) is 6.09. The Hall–Kier alpha value is -4.54. The van der Waals surface area contributed by atoms with Crippen molar-refractivity contribution in [1.29, 1.82) is 0 Å². The number of ether oxygens (including phenoxy) is 3. The largest absolute Gasteiger partial charge is 0.490 e. The van der Waals surface area contributed by atoms with E-state index in [1.807, 2.05) is 60.7 Å². The molecule has 0 amide bonds. The summed E-state index contributed by atoms with van der Waals surface area (Å²) in [4.78, 5) is 19.3. The number of nitrogens with zero attached hydrogens (tertiary/aromatic N) is 5. The van der Waals surface area contributed by atoms with Crippen molar-refractivity contribution in [2.45, 2.75) is 25.6 Å². The molecule has 44 heavy (non-hydrogen) atoms. The molecular formula is C33H34ClN5O5. The second-order valence-corrected chi connectivity index (χ2v) is 11.3. The molecule has 0 spiro atoms. The van der Waals surface area contributed by atoms with Crippen LogP contribution >= 0.6 is 11.6 Å². The van der Waals surface area contributed by atoms with E-state index in [0.29, 0.717) is 26.2 Å². The molecule has 2 aliphatic rings. The van der Waals surface area contributed by atoms with Gasteiger partial charge in [0.05, 0.1) is 0 Å². The van der Waals surface area contributed by atoms with E-state index in [0.717, 1.165) is 54.8 Å². The van der Waals surface area contributed by atoms with Gasteiger partial charge in [-0.15, -0.1) is 0 Å². The average Bonchev–Trinajstić information content (AvgIpc) is 3.49. The van der Waals surface area contributed by atoms with E-state index in [1.54, 1.807) is 4.57 Å². The SMILES string of the molecule is O=[N+]([O-])c1cn2c(n1)OC(COc1ccc(N3CCN(Cc4ccc(OCC=Cc5ccc(Cl)cc5)cc4)CC3)cc1)CC2. The number of halogens is 1. The zero-order valence-corrected chi connectivity index (χ0v) is 25.0. The van der Waals surface area contributed by atoms with Crippen molar-refractivity contribution >= 4 is 29.2 Å². The Kier molecular flexibility index (Phi) is 9.28. The van der Waals surface area contributed by atoms with Crippen LogP contribution in [0.5, 0.6) is 17.5 Å². The molecule has 3 heterocycles. The number of aromatic nitrogens is 2. The summed E-state index contributed by atoms with van der Waals surface area (Å²) in [5, 5.41) is 11.7. The minimum absolute atomic E-state index is 0.201. The summed E-state index contributed by atoms with van der Waals surface area (Å²) in [5.74, 6) is 1.42. The summed E-state index contributed by atoms with van der Waals surface area (Å²) in [6, 6.07) is 24.5. The molecule has 0 bridgehead atoms. The Morgan fingerprint density at radius 1 is 0.932 bits per heavy atom. The van der Waals surface area contributed by atoms with Gasteiger partial charge in [0.2, 0.25) is 0 Å². The van der Waals surface area contributed by atoms with E-state index in [1.165, 1.54) is 17.4 Å². The van der Waals surface area contributed by atoms with Gasteiger partial charge >= 0.3 is 11.8 Å². The van der Waals surface area contributed by atoms with Gasteiger partial charge in [0, 0.05) is 61.4 Å². The number of imidazole rings is 1. The summed E-state index contributed by atoms with van der Waals surface area (Å²) in [6.07, 6.45) is 5.92. The first-order chi connectivity index (χ1) is 21.5. The first-order valence-electron chi connectivity index (χ1n) is 14.7. The van der Waals surface area contributed by atoms with Gasteiger partial charge in [-0.1, -0.05) is 41.9 Å². The molecule has 1 unspecified atom stereocenters. The Labute approximate surface area is 261 Å². The Morgan fingerprint density at radius 3 is 2.36 bits per heavy atom. The lowest BCUT2D eigenvalue weighted by Crippen LogP contribution is -2.45. The Bertz CT molecular complexity index is 1570. The third kappa shape index (κ3) is 7.69. The number of piperazine rings is 1. The molecule has 11 heteroatoms. The van der Waals surface area contributed by atoms with Crippen LogP contribution in [-0.2, 0) is 13.1 Å². The van der Waals surface area contributed by atoms with Crippen LogP contribution in [0.15, 0.2) is 85.1 Å². The van der Waals surface area contributed by atoms with Crippen molar-refractivity contribution < 1.29 is 19.1 Å². The van der Waals surface area contributed by atoms with E-state index in [4.69, 9.17) is 25.8 Å². The fraction of sp³-hybridized carbons (Fsp3) is 0.303. The minimum atomic E-state index is -0.512. The number of aryl methyl sites for hydroxylation is 1. The summed E-state index contributed by atoms with van der Waals surface area (Å²) in [6.45, 7) is 6.26. The molecule has 6 rings (SSSR count). The number of rotatable bonds is 11. The molecule has 1 atom stereocenters. The van der Waals surface area contributed by atoms with Gasteiger partial charge in [-0.3, -0.25) is 9.47 Å². The van der Waals surface area contributed by atoms with Crippen LogP contribution in [0.3, 0.4) is 0 Å². The van der Waals surface area contributed by atoms with Gasteiger partial charge < -0.3 is 29.2 Å². The summed E-state index contributed by atoms with van der Waals surface area (Å²) < 4.78 is 19.3. The quantitative estimate of drug-likeness (QED) is 0.148. The fourth-order valence-corrected chi connectivity index (χ4v) is 5.42. The average molecular weight is 616 g/mol. The third-order valence-corrected chi connectivity index (χ3v) is 8.00. The number of fused-ring (bicyclic) bond motifs is 1. The molecule has 0 radical (unpaired) electrons. The van der Waals surface area contributed by atoms with Crippen molar-refractivity contribution in [3.8, 4) is 17.5 Å². The van der Waals surface area contributed by atoms with E-state index in [9.17, 15) is 10.1 Å². The van der Waals surface area contributed by atoms with Crippen LogP contribution in [-0.4, -0.2) is 64.9 Å². The maximum Gasteiger partial charge on any atom is 0.414 e. The predicted molar refractivity (Wildman–Crippen MR) is 170 cm³/mol. The molecule has 3 aromatic carbocycles. The topological polar surface area (TPSA) is 95.1 Å². The van der Waals surface area contributed by atoms with Crippen molar-refractivity contribution in [2.24, 2.45) is 0 Å². The highest BCUT2D eigenvalue weighted by Gasteiger charge is 2.28. The molecule has 2 aliphatic heterocycles. The molecule has 0 aliphatic carbocycles. The molecule has 4 aromatic rings. The van der Waals surface area contributed by atoms with Crippen LogP contribution in [0.1, 0.15) is 17.5 Å². The van der Waals surface area contributed by atoms with E-state index >= 15 is 0 Å². The van der Waals surface area contributed by atoms with Crippen LogP contribution in [0.25, 0.3) is 6.08 Å². The first kappa shape index (κ1) is 29.5. The summed E-state index contributed by atoms with van der Waals surface area (Å²) in [5.41, 5.74) is 3.54. The first-order valence-corrected chi connectivity index (χ1v) is 15.1. The van der Waals surface area contributed by atoms with Crippen LogP contribution in [0.4, 0.5) is 11.5 Å². The van der Waals surface area contributed by atoms with Gasteiger partial charge in [0.15, 0.2) is 0 Å². The van der Waals surface area contributed by atoms with Crippen LogP contribution in [0, 0.1) is 10.1 Å². The zero-order valence-electron chi connectivity index (χ0n) is 24.3. The van der Waals surface area contributed by atoms with Gasteiger partial charge in [-0.05, 0) is 70.7 Å². The summed E-state index contributed by atoms with van der Waals surface area (Å²) in [7, 11) is 0. The lowest BCUT2D eigenvalue weighted by atomic mass is 10.1. The smallest absolute Gasteiger partial charge is 0.414 e. The Morgan fingerprint density at radius 2 is 1.64 bits per heavy atom. The second-order valence-electron chi connectivity index (χ2n) is 10.8. The van der Waals surface area contributed by atoms with Crippen molar-refractivity contribution in [2.75, 3.05) is 44.3 Å². The molecule has 0 saturated carbocycles. The number of nitro groups is 1. The van der Waals surface area contributed by atoms with Crippen molar-refractivity contribution in [3.63, 3.8) is 0 Å². The van der Waals surface area contributed by atoms with E-state index in [-0.39, 0.29) is 17.9 Å². The molecule has 1 aromatic heterocycles. The van der Waals surface area contributed by atoms with Crippen molar-refractivity contribution in [3.05, 3.63) is 111 Å². The number of anilines is 1. The standard InChI is InChI=1S/C33H34ClN5O5/c34-27-7-3-25(4-8-27)2-1-21-42-29-11-5-26(6-12-29)22-36-17-19-37(20-18-36)28-9-13-30(14-10-28)43-24-31-15-16-38-23-32(39(40)41)35-33(38)44-31/h1-14,23,31H,15-22,24H2. The lowest BCUT2D eigenvalue weighted by Gasteiger charge is -2.36. The minimum Gasteiger partial charge on any atom is -0.490 e. The maximum absolute atomic E-state index is 11.0. The monoisotopic (exact) mass is 615 g/mol. The maximum atomic E-state index is 11.0. The van der Waals surface area contributed by atoms with E-state index < -0.39 is 4.92 Å². The highest BCUT2D eigenvalue weighted by atomic mass is 35.5. The van der Waals surface area contributed by atoms with Crippen molar-refractivity contribution in [1.82, 2.24) is 14.5 Å². The van der Waals surface area contributed by atoms with Gasteiger partial charge in [-0.2, -0.15) is 0 Å². The van der Waals surface area contributed by atoms with Gasteiger partial charge in [0.25, 0.3) is 0 Å². The van der Waals surface area contributed by atoms with E-state index in [2.05, 4.69) is 39.0 Å². The molecule has 10 nitrogen and oxygen atoms in total. The third-order valence-electron chi connectivity index (χ3n) is 7.74. The Balaban J connectivity index is 0.904. The molecular weight excluding hydrogens is 582 g/mol. The normalized spacial score (nSPS) is 16.8. The van der Waals surface area contributed by atoms with Crippen LogP contribution in [0.2, 0.25) is 5.02 Å². The van der Waals surface area contributed by atoms with Gasteiger partial charge in [-0.25, -0.2) is 0 Å². The summed E-state index contributed by atoms with van der Waals surface area (Å²) >= 11 is 5.93. The second kappa shape index (κ2) is 13.8. The van der Waals surface area contributed by atoms with Crippen LogP contribution < -0.4 is 19.1 Å². The highest BCUT2D eigenvalue weighted by Crippen LogP contribution is 2.26. The molecule has 1 fully saturated rings. The molecule has 228 valence electrons. The highest BCUT2D eigenvalue weighted by molar-refractivity contribution is 6.30. The lowest BCUT2D eigenvalue weighted by molar-refractivity contribution is -0.389. The van der Waals surface area contributed by atoms with Gasteiger partial charge in [0.1, 0.15) is 37.0 Å². The number of hydrogen-bond donors (Lipinski definition) is 0. The molecule has 0 N–H and O–H groups in total. The number of hydrogen-bond acceptors (Lipinski definition) is 8. The number of benzene rings is 3.